The van der Waals surface area contributed by atoms with Crippen molar-refractivity contribution in [2.45, 2.75) is 19.8 Å². The van der Waals surface area contributed by atoms with Gasteiger partial charge in [-0.05, 0) is 37.0 Å². The normalized spacial score (nSPS) is 10.7. The van der Waals surface area contributed by atoms with Gasteiger partial charge in [0.05, 0.1) is 0 Å². The molecule has 3 aromatic rings. The van der Waals surface area contributed by atoms with Gasteiger partial charge in [0.1, 0.15) is 5.56 Å². The maximum Gasteiger partial charge on any atom is 0.261 e. The first-order valence-electron chi connectivity index (χ1n) is 8.10. The number of H-pyrrole nitrogens is 1. The Labute approximate surface area is 140 Å². The molecule has 1 aromatic heterocycles. The molecule has 2 aromatic carbocycles. The molecule has 0 radical (unpaired) electrons. The summed E-state index contributed by atoms with van der Waals surface area (Å²) in [4.78, 5) is 27.4. The molecule has 1 amide bonds. The van der Waals surface area contributed by atoms with Gasteiger partial charge in [0, 0.05) is 17.4 Å². The Morgan fingerprint density at radius 3 is 2.54 bits per heavy atom. The van der Waals surface area contributed by atoms with Crippen LogP contribution in [0.2, 0.25) is 0 Å². The fraction of sp³-hybridized carbons (Fsp3) is 0.200. The summed E-state index contributed by atoms with van der Waals surface area (Å²) >= 11 is 0. The summed E-state index contributed by atoms with van der Waals surface area (Å²) in [6, 6.07) is 17.6. The van der Waals surface area contributed by atoms with Crippen molar-refractivity contribution in [3.63, 3.8) is 0 Å². The summed E-state index contributed by atoms with van der Waals surface area (Å²) in [7, 11) is 0. The second kappa shape index (κ2) is 7.13. The number of para-hydroxylation sites is 1. The lowest BCUT2D eigenvalue weighted by Gasteiger charge is -2.09. The Morgan fingerprint density at radius 2 is 1.75 bits per heavy atom. The van der Waals surface area contributed by atoms with Gasteiger partial charge in [-0.25, -0.2) is 0 Å². The molecule has 1 heterocycles. The fourth-order valence-electron chi connectivity index (χ4n) is 2.91. The Kier molecular flexibility index (Phi) is 4.75. The maximum absolute atomic E-state index is 12.4. The van der Waals surface area contributed by atoms with Crippen LogP contribution in [0, 0.1) is 6.92 Å². The van der Waals surface area contributed by atoms with Gasteiger partial charge in [-0.2, -0.15) is 0 Å². The number of rotatable bonds is 5. The van der Waals surface area contributed by atoms with E-state index in [-0.39, 0.29) is 17.0 Å². The first kappa shape index (κ1) is 16.0. The van der Waals surface area contributed by atoms with E-state index in [4.69, 9.17) is 0 Å². The number of amides is 1. The molecule has 3 rings (SSSR count). The van der Waals surface area contributed by atoms with E-state index in [9.17, 15) is 9.59 Å². The number of aromatic amines is 1. The molecule has 0 fully saturated rings. The van der Waals surface area contributed by atoms with E-state index in [1.54, 1.807) is 0 Å². The number of benzene rings is 2. The van der Waals surface area contributed by atoms with Gasteiger partial charge in [-0.1, -0.05) is 48.5 Å². The highest BCUT2D eigenvalue weighted by Crippen LogP contribution is 2.16. The van der Waals surface area contributed by atoms with E-state index in [1.807, 2.05) is 49.4 Å². The van der Waals surface area contributed by atoms with E-state index < -0.39 is 0 Å². The number of nitrogens with one attached hydrogen (secondary N) is 2. The number of pyridine rings is 1. The molecule has 0 bridgehead atoms. The first-order chi connectivity index (χ1) is 11.7. The van der Waals surface area contributed by atoms with Crippen molar-refractivity contribution in [1.29, 1.82) is 0 Å². The van der Waals surface area contributed by atoms with Crippen LogP contribution in [-0.4, -0.2) is 17.4 Å². The van der Waals surface area contributed by atoms with Crippen molar-refractivity contribution >= 4 is 16.8 Å². The lowest BCUT2D eigenvalue weighted by Crippen LogP contribution is -2.31. The number of carbonyl (C=O) groups excluding carboxylic acids is 1. The number of aromatic nitrogens is 1. The second-order valence-corrected chi connectivity index (χ2v) is 5.84. The van der Waals surface area contributed by atoms with E-state index in [0.29, 0.717) is 6.54 Å². The number of hydrogen-bond donors (Lipinski definition) is 2. The van der Waals surface area contributed by atoms with Gasteiger partial charge in [0.15, 0.2) is 0 Å². The van der Waals surface area contributed by atoms with Crippen molar-refractivity contribution < 1.29 is 4.79 Å². The lowest BCUT2D eigenvalue weighted by molar-refractivity contribution is 0.0951. The van der Waals surface area contributed by atoms with Crippen molar-refractivity contribution in [2.75, 3.05) is 6.54 Å². The van der Waals surface area contributed by atoms with Crippen molar-refractivity contribution in [1.82, 2.24) is 10.3 Å². The SMILES string of the molecule is Cc1c(C(=O)NCCCc2ccccc2)c(=O)[nH]c2ccccc12. The van der Waals surface area contributed by atoms with E-state index in [1.165, 1.54) is 5.56 Å². The molecule has 0 saturated carbocycles. The molecular weight excluding hydrogens is 300 g/mol. The third-order valence-corrected chi connectivity index (χ3v) is 4.18. The van der Waals surface area contributed by atoms with Crippen molar-refractivity contribution in [3.8, 4) is 0 Å². The third-order valence-electron chi connectivity index (χ3n) is 4.18. The summed E-state index contributed by atoms with van der Waals surface area (Å²) in [5, 5.41) is 3.75. The molecule has 0 atom stereocenters. The van der Waals surface area contributed by atoms with Gasteiger partial charge in [0.2, 0.25) is 0 Å². The summed E-state index contributed by atoms with van der Waals surface area (Å²) in [6.07, 6.45) is 1.73. The zero-order valence-electron chi connectivity index (χ0n) is 13.6. The summed E-state index contributed by atoms with van der Waals surface area (Å²) in [5.41, 5.74) is 2.57. The molecule has 0 saturated heterocycles. The Balaban J connectivity index is 1.69. The highest BCUT2D eigenvalue weighted by Gasteiger charge is 2.15. The van der Waals surface area contributed by atoms with Crippen LogP contribution in [0.1, 0.15) is 27.9 Å². The molecular formula is C20H20N2O2. The number of carbonyl (C=O) groups is 1. The van der Waals surface area contributed by atoms with Crippen LogP contribution in [-0.2, 0) is 6.42 Å². The molecule has 122 valence electrons. The van der Waals surface area contributed by atoms with Crippen LogP contribution in [0.25, 0.3) is 10.9 Å². The molecule has 0 aliphatic rings. The molecule has 24 heavy (non-hydrogen) atoms. The second-order valence-electron chi connectivity index (χ2n) is 5.84. The highest BCUT2D eigenvalue weighted by atomic mass is 16.2. The molecule has 0 spiro atoms. The van der Waals surface area contributed by atoms with E-state index in [0.717, 1.165) is 29.3 Å². The van der Waals surface area contributed by atoms with Crippen LogP contribution in [0.4, 0.5) is 0 Å². The average molecular weight is 320 g/mol. The molecule has 0 aliphatic heterocycles. The first-order valence-corrected chi connectivity index (χ1v) is 8.10. The Morgan fingerprint density at radius 1 is 1.04 bits per heavy atom. The smallest absolute Gasteiger partial charge is 0.261 e. The Hall–Kier alpha value is -2.88. The molecule has 0 unspecified atom stereocenters. The van der Waals surface area contributed by atoms with Crippen LogP contribution >= 0.6 is 0 Å². The Bertz CT molecular complexity index is 914. The average Bonchev–Trinajstić information content (AvgIpc) is 2.60. The lowest BCUT2D eigenvalue weighted by atomic mass is 10.0. The predicted molar refractivity (Wildman–Crippen MR) is 96.4 cm³/mol. The van der Waals surface area contributed by atoms with Gasteiger partial charge >= 0.3 is 0 Å². The van der Waals surface area contributed by atoms with Crippen LogP contribution < -0.4 is 10.9 Å². The largest absolute Gasteiger partial charge is 0.352 e. The predicted octanol–water partition coefficient (Wildman–Crippen LogP) is 3.20. The summed E-state index contributed by atoms with van der Waals surface area (Å²) < 4.78 is 0. The quantitative estimate of drug-likeness (QED) is 0.709. The van der Waals surface area contributed by atoms with Gasteiger partial charge in [-0.3, -0.25) is 9.59 Å². The number of hydrogen-bond acceptors (Lipinski definition) is 2. The minimum absolute atomic E-state index is 0.202. The van der Waals surface area contributed by atoms with Crippen LogP contribution in [0.15, 0.2) is 59.4 Å². The summed E-state index contributed by atoms with van der Waals surface area (Å²) in [6.45, 7) is 2.36. The topological polar surface area (TPSA) is 62.0 Å². The zero-order valence-corrected chi connectivity index (χ0v) is 13.6. The third kappa shape index (κ3) is 3.38. The minimum atomic E-state index is -0.341. The molecule has 0 aliphatic carbocycles. The van der Waals surface area contributed by atoms with Crippen molar-refractivity contribution in [3.05, 3.63) is 81.6 Å². The molecule has 4 nitrogen and oxygen atoms in total. The van der Waals surface area contributed by atoms with E-state index >= 15 is 0 Å². The number of fused-ring (bicyclic) bond motifs is 1. The monoisotopic (exact) mass is 320 g/mol. The minimum Gasteiger partial charge on any atom is -0.352 e. The highest BCUT2D eigenvalue weighted by molar-refractivity contribution is 5.99. The van der Waals surface area contributed by atoms with Gasteiger partial charge in [-0.15, -0.1) is 0 Å². The van der Waals surface area contributed by atoms with Crippen LogP contribution in [0.3, 0.4) is 0 Å². The fourth-order valence-corrected chi connectivity index (χ4v) is 2.91. The zero-order chi connectivity index (χ0) is 16.9. The van der Waals surface area contributed by atoms with E-state index in [2.05, 4.69) is 22.4 Å². The van der Waals surface area contributed by atoms with Crippen LogP contribution in [0.5, 0.6) is 0 Å². The molecule has 4 heteroatoms. The van der Waals surface area contributed by atoms with Gasteiger partial charge < -0.3 is 10.3 Å². The molecule has 2 N–H and O–H groups in total. The summed E-state index contributed by atoms with van der Waals surface area (Å²) in [5.74, 6) is -0.312. The van der Waals surface area contributed by atoms with Crippen molar-refractivity contribution in [2.24, 2.45) is 0 Å². The standard InChI is InChI=1S/C20H20N2O2/c1-14-16-11-5-6-12-17(16)22-20(24)18(14)19(23)21-13-7-10-15-8-3-2-4-9-15/h2-6,8-9,11-12H,7,10,13H2,1H3,(H,21,23)(H,22,24). The maximum atomic E-state index is 12.4. The number of aryl methyl sites for hydroxylation is 2. The van der Waals surface area contributed by atoms with Gasteiger partial charge in [0.25, 0.3) is 11.5 Å².